The van der Waals surface area contributed by atoms with Gasteiger partial charge < -0.3 is 14.2 Å². The molecule has 0 atom stereocenters. The van der Waals surface area contributed by atoms with Crippen LogP contribution in [0.2, 0.25) is 0 Å². The van der Waals surface area contributed by atoms with Crippen molar-refractivity contribution in [3.63, 3.8) is 0 Å². The third-order valence-corrected chi connectivity index (χ3v) is 4.04. The minimum absolute atomic E-state index is 0.351. The fraction of sp³-hybridized carbons (Fsp3) is 0.200. The summed E-state index contributed by atoms with van der Waals surface area (Å²) in [5.74, 6) is 1.40. The number of hydrogen-bond donors (Lipinski definition) is 1. The number of nitrogens with zero attached hydrogens (tertiary/aromatic N) is 1. The van der Waals surface area contributed by atoms with Crippen LogP contribution in [0.5, 0.6) is 17.2 Å². The zero-order chi connectivity index (χ0) is 19.6. The number of ether oxygens (including phenoxy) is 3. The lowest BCUT2D eigenvalue weighted by Gasteiger charge is -2.10. The molecule has 27 heavy (non-hydrogen) atoms. The summed E-state index contributed by atoms with van der Waals surface area (Å²) in [7, 11) is 1.51. The van der Waals surface area contributed by atoms with E-state index in [0.717, 1.165) is 15.8 Å². The van der Waals surface area contributed by atoms with Crippen molar-refractivity contribution in [2.45, 2.75) is 6.92 Å². The first-order valence-corrected chi connectivity index (χ1v) is 9.05. The zero-order valence-corrected chi connectivity index (χ0v) is 16.8. The summed E-state index contributed by atoms with van der Waals surface area (Å²) in [6.45, 7) is 6.46. The number of rotatable bonds is 9. The molecule has 0 bridgehead atoms. The molecular formula is C20H21BrN2O4. The van der Waals surface area contributed by atoms with Crippen LogP contribution in [0.25, 0.3) is 0 Å². The van der Waals surface area contributed by atoms with E-state index >= 15 is 0 Å². The van der Waals surface area contributed by atoms with Gasteiger partial charge in [-0.25, -0.2) is 5.43 Å². The number of hydrogen-bond acceptors (Lipinski definition) is 5. The zero-order valence-electron chi connectivity index (χ0n) is 15.2. The molecule has 0 fully saturated rings. The minimum atomic E-state index is -0.357. The smallest absolute Gasteiger partial charge is 0.271 e. The molecule has 0 aromatic heterocycles. The molecule has 2 aromatic carbocycles. The number of amides is 1. The first-order chi connectivity index (χ1) is 13.1. The van der Waals surface area contributed by atoms with Crippen molar-refractivity contribution in [2.24, 2.45) is 5.10 Å². The van der Waals surface area contributed by atoms with Crippen molar-refractivity contribution >= 4 is 28.1 Å². The number of halogens is 1. The maximum atomic E-state index is 12.3. The third-order valence-electron chi connectivity index (χ3n) is 3.42. The lowest BCUT2D eigenvalue weighted by Crippen LogP contribution is -2.17. The molecule has 0 saturated heterocycles. The Balaban J connectivity index is 2.03. The highest BCUT2D eigenvalue weighted by Crippen LogP contribution is 2.28. The summed E-state index contributed by atoms with van der Waals surface area (Å²) in [4.78, 5) is 12.3. The van der Waals surface area contributed by atoms with Gasteiger partial charge in [-0.1, -0.05) is 12.7 Å². The van der Waals surface area contributed by atoms with Gasteiger partial charge in [0.25, 0.3) is 5.91 Å². The second-order valence-corrected chi connectivity index (χ2v) is 6.14. The molecule has 0 radical (unpaired) electrons. The molecule has 1 amide bonds. The Labute approximate surface area is 167 Å². The number of carbonyl (C=O) groups excluding carboxylic acids is 1. The fourth-order valence-corrected chi connectivity index (χ4v) is 2.69. The van der Waals surface area contributed by atoms with Gasteiger partial charge in [0.15, 0.2) is 11.5 Å². The predicted molar refractivity (Wildman–Crippen MR) is 109 cm³/mol. The maximum Gasteiger partial charge on any atom is 0.271 e. The first-order valence-electron chi connectivity index (χ1n) is 8.26. The highest BCUT2D eigenvalue weighted by Gasteiger charge is 2.10. The number of hydrazone groups is 1. The van der Waals surface area contributed by atoms with Gasteiger partial charge in [0.1, 0.15) is 12.4 Å². The van der Waals surface area contributed by atoms with Gasteiger partial charge >= 0.3 is 0 Å². The van der Waals surface area contributed by atoms with Crippen molar-refractivity contribution in [1.82, 2.24) is 5.43 Å². The monoisotopic (exact) mass is 432 g/mol. The summed E-state index contributed by atoms with van der Waals surface area (Å²) in [5, 5.41) is 3.99. The van der Waals surface area contributed by atoms with Crippen molar-refractivity contribution in [2.75, 3.05) is 20.3 Å². The highest BCUT2D eigenvalue weighted by atomic mass is 79.9. The Bertz CT molecular complexity index is 837. The van der Waals surface area contributed by atoms with Crippen LogP contribution in [-0.4, -0.2) is 32.4 Å². The standard InChI is InChI=1S/C20H21BrN2O4/c1-4-10-27-18-9-7-15(12-19(18)25-3)20(24)23-22-13-14-6-8-17(26-5-2)16(21)11-14/h4,6-9,11-13H,1,5,10H2,2-3H3,(H,23,24)/b22-13+. The lowest BCUT2D eigenvalue weighted by atomic mass is 10.2. The van der Waals surface area contributed by atoms with Gasteiger partial charge in [-0.3, -0.25) is 4.79 Å². The Morgan fingerprint density at radius 1 is 1.19 bits per heavy atom. The van der Waals surface area contributed by atoms with Crippen molar-refractivity contribution < 1.29 is 19.0 Å². The van der Waals surface area contributed by atoms with E-state index < -0.39 is 0 Å². The number of benzene rings is 2. The van der Waals surface area contributed by atoms with Crippen molar-refractivity contribution in [1.29, 1.82) is 0 Å². The number of carbonyl (C=O) groups is 1. The second-order valence-electron chi connectivity index (χ2n) is 5.29. The Kier molecular flexibility index (Phi) is 7.88. The van der Waals surface area contributed by atoms with E-state index in [1.807, 2.05) is 25.1 Å². The Morgan fingerprint density at radius 3 is 2.63 bits per heavy atom. The molecule has 0 unspecified atom stereocenters. The van der Waals surface area contributed by atoms with E-state index in [1.165, 1.54) is 7.11 Å². The molecule has 0 aliphatic rings. The van der Waals surface area contributed by atoms with Gasteiger partial charge in [0.05, 0.1) is 24.4 Å². The molecule has 1 N–H and O–H groups in total. The van der Waals surface area contributed by atoms with Gasteiger partial charge in [-0.15, -0.1) is 0 Å². The van der Waals surface area contributed by atoms with Crippen LogP contribution in [-0.2, 0) is 0 Å². The molecule has 0 spiro atoms. The molecule has 0 aliphatic carbocycles. The molecule has 0 aliphatic heterocycles. The fourth-order valence-electron chi connectivity index (χ4n) is 2.18. The van der Waals surface area contributed by atoms with Crippen LogP contribution in [0.3, 0.4) is 0 Å². The number of nitrogens with one attached hydrogen (secondary N) is 1. The normalized spacial score (nSPS) is 10.5. The second kappa shape index (κ2) is 10.4. The van der Waals surface area contributed by atoms with Crippen LogP contribution >= 0.6 is 15.9 Å². The van der Waals surface area contributed by atoms with E-state index in [-0.39, 0.29) is 5.91 Å². The lowest BCUT2D eigenvalue weighted by molar-refractivity contribution is 0.0954. The SMILES string of the molecule is C=CCOc1ccc(C(=O)N/N=C/c2ccc(OCC)c(Br)c2)cc1OC. The van der Waals surface area contributed by atoms with Crippen LogP contribution in [0.1, 0.15) is 22.8 Å². The van der Waals surface area contributed by atoms with Crippen LogP contribution < -0.4 is 19.6 Å². The van der Waals surface area contributed by atoms with Crippen molar-refractivity contribution in [3.8, 4) is 17.2 Å². The van der Waals surface area contributed by atoms with Gasteiger partial charge in [0, 0.05) is 5.56 Å². The highest BCUT2D eigenvalue weighted by molar-refractivity contribution is 9.10. The average Bonchev–Trinajstić information content (AvgIpc) is 2.68. The molecule has 2 aromatic rings. The molecule has 6 nitrogen and oxygen atoms in total. The molecule has 0 saturated carbocycles. The Hall–Kier alpha value is -2.80. The summed E-state index contributed by atoms with van der Waals surface area (Å²) >= 11 is 3.44. The van der Waals surface area contributed by atoms with E-state index in [9.17, 15) is 4.79 Å². The minimum Gasteiger partial charge on any atom is -0.493 e. The largest absolute Gasteiger partial charge is 0.493 e. The molecular weight excluding hydrogens is 412 g/mol. The van der Waals surface area contributed by atoms with Gasteiger partial charge in [0.2, 0.25) is 0 Å². The van der Waals surface area contributed by atoms with Crippen LogP contribution in [0.4, 0.5) is 0 Å². The summed E-state index contributed by atoms with van der Waals surface area (Å²) in [5.41, 5.74) is 3.71. The van der Waals surface area contributed by atoms with E-state index in [4.69, 9.17) is 14.2 Å². The Morgan fingerprint density at radius 2 is 1.96 bits per heavy atom. The van der Waals surface area contributed by atoms with Gasteiger partial charge in [-0.05, 0) is 64.8 Å². The van der Waals surface area contributed by atoms with Crippen LogP contribution in [0.15, 0.2) is 58.6 Å². The predicted octanol–water partition coefficient (Wildman–Crippen LogP) is 4.19. The average molecular weight is 433 g/mol. The quantitative estimate of drug-likeness (QED) is 0.366. The van der Waals surface area contributed by atoms with E-state index in [2.05, 4.69) is 33.0 Å². The van der Waals surface area contributed by atoms with E-state index in [0.29, 0.717) is 30.3 Å². The third kappa shape index (κ3) is 5.86. The first kappa shape index (κ1) is 20.5. The van der Waals surface area contributed by atoms with Crippen LogP contribution in [0, 0.1) is 0 Å². The van der Waals surface area contributed by atoms with Crippen molar-refractivity contribution in [3.05, 3.63) is 64.7 Å². The van der Waals surface area contributed by atoms with E-state index in [1.54, 1.807) is 30.5 Å². The summed E-state index contributed by atoms with van der Waals surface area (Å²) in [6, 6.07) is 10.4. The topological polar surface area (TPSA) is 69.2 Å². The summed E-state index contributed by atoms with van der Waals surface area (Å²) < 4.78 is 17.0. The summed E-state index contributed by atoms with van der Waals surface area (Å²) in [6.07, 6.45) is 3.19. The van der Waals surface area contributed by atoms with Gasteiger partial charge in [-0.2, -0.15) is 5.10 Å². The molecule has 2 rings (SSSR count). The maximum absolute atomic E-state index is 12.3. The molecule has 0 heterocycles. The molecule has 142 valence electrons. The number of methoxy groups -OCH3 is 1. The molecule has 7 heteroatoms.